The predicted octanol–water partition coefficient (Wildman–Crippen LogP) is 7.11. The summed E-state index contributed by atoms with van der Waals surface area (Å²) in [7, 11) is 0. The average Bonchev–Trinajstić information content (AvgIpc) is 3.89. The van der Waals surface area contributed by atoms with E-state index in [1.54, 1.807) is 0 Å². The van der Waals surface area contributed by atoms with Crippen molar-refractivity contribution in [3.8, 4) is 22.4 Å². The van der Waals surface area contributed by atoms with E-state index >= 15 is 0 Å². The summed E-state index contributed by atoms with van der Waals surface area (Å²) in [6, 6.07) is 20.5. The zero-order chi connectivity index (χ0) is 40.6. The topological polar surface area (TPSA) is 172 Å². The molecule has 6 aromatic rings. The lowest BCUT2D eigenvalue weighted by Crippen LogP contribution is -2.39. The number of imide groups is 1. The minimum Gasteiger partial charge on any atom is -0.343 e. The molecule has 6 heterocycles. The van der Waals surface area contributed by atoms with Crippen molar-refractivity contribution in [1.29, 1.82) is 0 Å². The van der Waals surface area contributed by atoms with Gasteiger partial charge in [-0.25, -0.2) is 4.98 Å². The number of carbonyl (C=O) groups excluding carboxylic acids is 3. The van der Waals surface area contributed by atoms with E-state index in [0.29, 0.717) is 30.3 Å². The Hall–Kier alpha value is -6.08. The van der Waals surface area contributed by atoms with Gasteiger partial charge in [0, 0.05) is 64.5 Å². The fraction of sp³-hybridized carbons (Fsp3) is 0.378. The molecule has 13 heteroatoms. The summed E-state index contributed by atoms with van der Waals surface area (Å²) >= 11 is 0. The zero-order valence-electron chi connectivity index (χ0n) is 33.6. The van der Waals surface area contributed by atoms with Crippen LogP contribution in [0.4, 0.5) is 0 Å². The molecular weight excluding hydrogens is 731 g/mol. The second-order valence-electron chi connectivity index (χ2n) is 16.7. The number of carbonyl (C=O) groups is 3. The SMILES string of the molecule is Cc1cc(-c2n[nH]c3ncc(-c4ccc(C5CCN(CCc6ccc([C@@H]7CCC(=O)NC7=O)cc6)CC5)nc4)cc23)ccc1[C@@H](C)NC(=O)c1noc(C(C)(C)C)n1. The van der Waals surface area contributed by atoms with Gasteiger partial charge in [0.1, 0.15) is 5.69 Å². The zero-order valence-corrected chi connectivity index (χ0v) is 33.6. The van der Waals surface area contributed by atoms with Crippen molar-refractivity contribution in [2.24, 2.45) is 0 Å². The highest BCUT2D eigenvalue weighted by molar-refractivity contribution is 6.01. The Kier molecular flexibility index (Phi) is 10.7. The third-order valence-corrected chi connectivity index (χ3v) is 11.5. The normalized spacial score (nSPS) is 17.4. The van der Waals surface area contributed by atoms with Crippen LogP contribution in [0.25, 0.3) is 33.4 Å². The van der Waals surface area contributed by atoms with E-state index in [9.17, 15) is 14.4 Å². The fourth-order valence-electron chi connectivity index (χ4n) is 8.03. The summed E-state index contributed by atoms with van der Waals surface area (Å²) < 4.78 is 5.30. The number of benzene rings is 2. The number of fused-ring (bicyclic) bond motifs is 1. The van der Waals surface area contributed by atoms with Gasteiger partial charge in [0.15, 0.2) is 5.65 Å². The van der Waals surface area contributed by atoms with E-state index in [2.05, 4.69) is 72.3 Å². The van der Waals surface area contributed by atoms with Gasteiger partial charge in [0.2, 0.25) is 17.7 Å². The maximum atomic E-state index is 12.9. The van der Waals surface area contributed by atoms with Crippen molar-refractivity contribution >= 4 is 28.8 Å². The molecule has 2 aliphatic rings. The van der Waals surface area contributed by atoms with Gasteiger partial charge in [-0.1, -0.05) is 68.4 Å². The summed E-state index contributed by atoms with van der Waals surface area (Å²) in [5.41, 5.74) is 9.41. The lowest BCUT2D eigenvalue weighted by atomic mass is 9.90. The van der Waals surface area contributed by atoms with E-state index in [1.165, 1.54) is 5.56 Å². The van der Waals surface area contributed by atoms with Crippen molar-refractivity contribution in [3.63, 3.8) is 0 Å². The molecule has 0 spiro atoms. The molecule has 0 bridgehead atoms. The third kappa shape index (κ3) is 8.31. The summed E-state index contributed by atoms with van der Waals surface area (Å²) in [5, 5.41) is 18.0. The Morgan fingerprint density at radius 1 is 0.948 bits per heavy atom. The van der Waals surface area contributed by atoms with E-state index < -0.39 is 0 Å². The number of aromatic amines is 1. The van der Waals surface area contributed by atoms with Crippen LogP contribution in [-0.4, -0.2) is 72.6 Å². The molecule has 13 nitrogen and oxygen atoms in total. The Bertz CT molecular complexity index is 2460. The van der Waals surface area contributed by atoms with Crippen molar-refractivity contribution in [3.05, 3.63) is 113 Å². The van der Waals surface area contributed by atoms with Gasteiger partial charge >= 0.3 is 0 Å². The first-order valence-electron chi connectivity index (χ1n) is 20.1. The molecule has 0 saturated carbocycles. The Balaban J connectivity index is 0.865. The first kappa shape index (κ1) is 38.8. The fourth-order valence-corrected chi connectivity index (χ4v) is 8.03. The summed E-state index contributed by atoms with van der Waals surface area (Å²) in [6.45, 7) is 12.9. The molecule has 3 amide bonds. The van der Waals surface area contributed by atoms with E-state index in [1.807, 2.05) is 71.3 Å². The maximum Gasteiger partial charge on any atom is 0.293 e. The molecule has 2 aliphatic heterocycles. The Morgan fingerprint density at radius 2 is 1.71 bits per heavy atom. The molecule has 2 fully saturated rings. The first-order valence-corrected chi connectivity index (χ1v) is 20.1. The molecule has 0 radical (unpaired) electrons. The number of amides is 3. The minimum atomic E-state index is -0.388. The van der Waals surface area contributed by atoms with Crippen LogP contribution in [0, 0.1) is 6.92 Å². The molecule has 298 valence electrons. The lowest BCUT2D eigenvalue weighted by molar-refractivity contribution is -0.134. The van der Waals surface area contributed by atoms with Crippen LogP contribution in [0.1, 0.15) is 116 Å². The Labute approximate surface area is 337 Å². The van der Waals surface area contributed by atoms with Crippen LogP contribution in [0.15, 0.2) is 77.6 Å². The highest BCUT2D eigenvalue weighted by Crippen LogP contribution is 2.33. The number of piperidine rings is 2. The number of nitrogens with zero attached hydrogens (tertiary/aromatic N) is 6. The van der Waals surface area contributed by atoms with Gasteiger partial charge in [-0.3, -0.25) is 29.8 Å². The largest absolute Gasteiger partial charge is 0.343 e. The third-order valence-electron chi connectivity index (χ3n) is 11.5. The molecule has 3 N–H and O–H groups in total. The van der Waals surface area contributed by atoms with Gasteiger partial charge in [0.25, 0.3) is 11.7 Å². The monoisotopic (exact) mass is 779 g/mol. The smallest absolute Gasteiger partial charge is 0.293 e. The highest BCUT2D eigenvalue weighted by Gasteiger charge is 2.28. The molecular formula is C45H49N9O4. The maximum absolute atomic E-state index is 12.9. The van der Waals surface area contributed by atoms with Crippen LogP contribution < -0.4 is 10.6 Å². The molecule has 4 aromatic heterocycles. The van der Waals surface area contributed by atoms with Crippen LogP contribution in [-0.2, 0) is 21.4 Å². The van der Waals surface area contributed by atoms with Crippen LogP contribution >= 0.6 is 0 Å². The number of rotatable bonds is 10. The van der Waals surface area contributed by atoms with Crippen LogP contribution in [0.5, 0.6) is 0 Å². The highest BCUT2D eigenvalue weighted by atomic mass is 16.5. The number of pyridine rings is 2. The number of likely N-dealkylation sites (tertiary alicyclic amines) is 1. The predicted molar refractivity (Wildman–Crippen MR) is 220 cm³/mol. The molecule has 2 saturated heterocycles. The quantitative estimate of drug-likeness (QED) is 0.122. The average molecular weight is 780 g/mol. The molecule has 58 heavy (non-hydrogen) atoms. The molecule has 8 rings (SSSR count). The number of hydrogen-bond acceptors (Lipinski definition) is 10. The summed E-state index contributed by atoms with van der Waals surface area (Å²) in [6.07, 6.45) is 7.85. The van der Waals surface area contributed by atoms with Crippen molar-refractivity contribution in [2.45, 2.75) is 90.0 Å². The first-order chi connectivity index (χ1) is 27.9. The van der Waals surface area contributed by atoms with Crippen molar-refractivity contribution in [1.82, 2.24) is 45.8 Å². The number of aromatic nitrogens is 6. The molecule has 2 atom stereocenters. The van der Waals surface area contributed by atoms with Crippen molar-refractivity contribution in [2.75, 3.05) is 19.6 Å². The Morgan fingerprint density at radius 3 is 2.40 bits per heavy atom. The number of nitrogens with one attached hydrogen (secondary N) is 3. The number of hydrogen-bond donors (Lipinski definition) is 3. The van der Waals surface area contributed by atoms with E-state index in [0.717, 1.165) is 89.1 Å². The summed E-state index contributed by atoms with van der Waals surface area (Å²) in [4.78, 5) is 53.1. The second-order valence-corrected chi connectivity index (χ2v) is 16.7. The minimum absolute atomic E-state index is 0.0187. The van der Waals surface area contributed by atoms with Gasteiger partial charge in [-0.05, 0) is 93.1 Å². The van der Waals surface area contributed by atoms with Crippen molar-refractivity contribution < 1.29 is 18.9 Å². The number of aryl methyl sites for hydroxylation is 1. The van der Waals surface area contributed by atoms with E-state index in [4.69, 9.17) is 14.5 Å². The second kappa shape index (κ2) is 16.0. The standard InChI is InChI=1S/C45H49N9O4/c1-26-22-31(10-12-34(26)27(2)48-43(57)41-50-44(58-53-41)45(3,4)5)39-36-23-33(25-47-40(36)52-51-39)32-11-14-37(46-24-32)30-17-20-54(21-18-30)19-16-28-6-8-29(9-7-28)35-13-15-38(55)49-42(35)56/h6-12,14,22-25,27,30,35H,13,15-21H2,1-5H3,(H,48,57)(H,47,51,52)(H,49,55,56)/t27-,35+/m1/s1. The molecule has 0 unspecified atom stereocenters. The van der Waals surface area contributed by atoms with Crippen LogP contribution in [0.3, 0.4) is 0 Å². The van der Waals surface area contributed by atoms with Gasteiger partial charge < -0.3 is 14.7 Å². The van der Waals surface area contributed by atoms with Gasteiger partial charge in [-0.2, -0.15) is 10.1 Å². The molecule has 2 aromatic carbocycles. The van der Waals surface area contributed by atoms with Gasteiger partial charge in [0.05, 0.1) is 12.0 Å². The lowest BCUT2D eigenvalue weighted by Gasteiger charge is -2.31. The molecule has 0 aliphatic carbocycles. The van der Waals surface area contributed by atoms with Crippen LogP contribution in [0.2, 0.25) is 0 Å². The van der Waals surface area contributed by atoms with E-state index in [-0.39, 0.29) is 40.9 Å². The van der Waals surface area contributed by atoms with Gasteiger partial charge in [-0.15, -0.1) is 0 Å². The summed E-state index contributed by atoms with van der Waals surface area (Å²) in [5.74, 6) is -0.157. The number of H-pyrrole nitrogens is 1.